The van der Waals surface area contributed by atoms with Gasteiger partial charge in [0.1, 0.15) is 6.04 Å². The van der Waals surface area contributed by atoms with Gasteiger partial charge in [0.2, 0.25) is 11.8 Å². The summed E-state index contributed by atoms with van der Waals surface area (Å²) < 4.78 is -0.711. The van der Waals surface area contributed by atoms with Crippen LogP contribution in [0.3, 0.4) is 0 Å². The summed E-state index contributed by atoms with van der Waals surface area (Å²) >= 11 is 1.69. The van der Waals surface area contributed by atoms with E-state index in [2.05, 4.69) is 20.1 Å². The van der Waals surface area contributed by atoms with E-state index in [0.29, 0.717) is 26.1 Å². The first-order chi connectivity index (χ1) is 19.8. The summed E-state index contributed by atoms with van der Waals surface area (Å²) in [6.45, 7) is 13.5. The maximum atomic E-state index is 14.8. The van der Waals surface area contributed by atoms with Crippen molar-refractivity contribution in [1.29, 1.82) is 0 Å². The quantitative estimate of drug-likeness (QED) is 0.377. The molecule has 3 heterocycles. The molecule has 0 aliphatic carbocycles. The van der Waals surface area contributed by atoms with E-state index in [0.717, 1.165) is 29.3 Å². The Morgan fingerprint density at radius 3 is 2.54 bits per heavy atom. The molecule has 2 aromatic carbocycles. The first-order valence-corrected chi connectivity index (χ1v) is 15.6. The molecule has 0 radical (unpaired) electrons. The van der Waals surface area contributed by atoms with Crippen LogP contribution in [0.4, 0.5) is 5.69 Å². The van der Waals surface area contributed by atoms with Crippen molar-refractivity contribution in [2.75, 3.05) is 37.7 Å². The van der Waals surface area contributed by atoms with Crippen molar-refractivity contribution < 1.29 is 19.5 Å². The number of amides is 3. The Labute approximate surface area is 247 Å². The lowest BCUT2D eigenvalue weighted by Crippen LogP contribution is -2.57. The summed E-state index contributed by atoms with van der Waals surface area (Å²) in [5, 5.41) is 11.8. The first kappa shape index (κ1) is 29.4. The van der Waals surface area contributed by atoms with E-state index in [4.69, 9.17) is 0 Å². The highest BCUT2D eigenvalue weighted by molar-refractivity contribution is 8.02. The number of aliphatic hydroxyl groups is 1. The molecule has 218 valence electrons. The van der Waals surface area contributed by atoms with Gasteiger partial charge in [0.05, 0.1) is 16.6 Å². The maximum Gasteiger partial charge on any atom is 0.251 e. The molecule has 3 aliphatic heterocycles. The van der Waals surface area contributed by atoms with Crippen molar-refractivity contribution in [2.45, 2.75) is 49.1 Å². The van der Waals surface area contributed by atoms with E-state index in [-0.39, 0.29) is 42.0 Å². The number of hydrogen-bond donors (Lipinski definition) is 1. The molecule has 3 fully saturated rings. The first-order valence-electron chi connectivity index (χ1n) is 14.7. The fourth-order valence-electron chi connectivity index (χ4n) is 7.43. The molecule has 5 rings (SSSR count). The third-order valence-electron chi connectivity index (χ3n) is 9.10. The molecule has 8 heteroatoms. The van der Waals surface area contributed by atoms with Crippen LogP contribution in [0.5, 0.6) is 0 Å². The lowest BCUT2D eigenvalue weighted by atomic mass is 9.65. The van der Waals surface area contributed by atoms with E-state index in [1.807, 2.05) is 54.3 Å². The Balaban J connectivity index is 1.58. The minimum absolute atomic E-state index is 0.0101. The zero-order valence-corrected chi connectivity index (χ0v) is 24.9. The van der Waals surface area contributed by atoms with Gasteiger partial charge in [-0.1, -0.05) is 56.3 Å². The number of anilines is 1. The number of aliphatic hydroxyl groups excluding tert-OH is 1. The van der Waals surface area contributed by atoms with E-state index in [9.17, 15) is 19.5 Å². The molecule has 1 spiro atoms. The molecule has 0 saturated carbocycles. The molecular weight excluding hydrogens is 534 g/mol. The molecule has 0 aromatic heterocycles. The predicted octanol–water partition coefficient (Wildman–Crippen LogP) is 4.50. The van der Waals surface area contributed by atoms with E-state index in [1.54, 1.807) is 33.7 Å². The van der Waals surface area contributed by atoms with Crippen molar-refractivity contribution in [3.05, 3.63) is 67.8 Å². The highest BCUT2D eigenvalue weighted by Gasteiger charge is 2.76. The van der Waals surface area contributed by atoms with Crippen molar-refractivity contribution in [3.63, 3.8) is 0 Å². The Kier molecular flexibility index (Phi) is 8.62. The van der Waals surface area contributed by atoms with Gasteiger partial charge >= 0.3 is 0 Å². The fourth-order valence-corrected chi connectivity index (χ4v) is 9.84. The van der Waals surface area contributed by atoms with Crippen LogP contribution in [0.25, 0.3) is 10.8 Å². The number of nitrogens with zero attached hydrogens (tertiary/aromatic N) is 3. The number of thioether (sulfide) groups is 1. The van der Waals surface area contributed by atoms with Gasteiger partial charge in [-0.05, 0) is 48.1 Å². The van der Waals surface area contributed by atoms with Crippen molar-refractivity contribution in [1.82, 2.24) is 9.80 Å². The summed E-state index contributed by atoms with van der Waals surface area (Å²) in [5.41, 5.74) is 0.751. The molecule has 7 nitrogen and oxygen atoms in total. The predicted molar refractivity (Wildman–Crippen MR) is 166 cm³/mol. The van der Waals surface area contributed by atoms with E-state index < -0.39 is 22.6 Å². The molecule has 3 unspecified atom stereocenters. The fraction of sp³-hybridized carbons (Fsp3) is 0.485. The van der Waals surface area contributed by atoms with Gasteiger partial charge in [0, 0.05) is 43.7 Å². The Morgan fingerprint density at radius 2 is 1.85 bits per heavy atom. The van der Waals surface area contributed by atoms with Crippen molar-refractivity contribution >= 4 is 45.9 Å². The van der Waals surface area contributed by atoms with Crippen LogP contribution >= 0.6 is 11.8 Å². The monoisotopic (exact) mass is 575 g/mol. The highest BCUT2D eigenvalue weighted by Crippen LogP contribution is 2.69. The third kappa shape index (κ3) is 4.79. The lowest BCUT2D eigenvalue weighted by molar-refractivity contribution is -0.144. The highest BCUT2D eigenvalue weighted by atomic mass is 32.2. The second kappa shape index (κ2) is 12.0. The van der Waals surface area contributed by atoms with Crippen LogP contribution < -0.4 is 4.90 Å². The summed E-state index contributed by atoms with van der Waals surface area (Å²) in [5.74, 6) is -1.28. The molecular formula is C33H41N3O4S. The van der Waals surface area contributed by atoms with Gasteiger partial charge in [-0.3, -0.25) is 14.4 Å². The topological polar surface area (TPSA) is 81.2 Å². The smallest absolute Gasteiger partial charge is 0.251 e. The van der Waals surface area contributed by atoms with Crippen LogP contribution in [0.1, 0.15) is 33.1 Å². The molecule has 1 N–H and O–H groups in total. The van der Waals surface area contributed by atoms with Gasteiger partial charge in [0.15, 0.2) is 0 Å². The van der Waals surface area contributed by atoms with Gasteiger partial charge in [-0.15, -0.1) is 24.9 Å². The van der Waals surface area contributed by atoms with Crippen LogP contribution in [-0.4, -0.2) is 81.5 Å². The number of rotatable bonds is 12. The average molecular weight is 576 g/mol. The number of carbonyl (C=O) groups excluding carboxylic acids is 3. The minimum atomic E-state index is -0.736. The molecule has 41 heavy (non-hydrogen) atoms. The van der Waals surface area contributed by atoms with E-state index >= 15 is 0 Å². The molecule has 6 atom stereocenters. The normalized spacial score (nSPS) is 28.1. The molecule has 2 aromatic rings. The average Bonchev–Trinajstić information content (AvgIpc) is 3.57. The van der Waals surface area contributed by atoms with Gasteiger partial charge in [0.25, 0.3) is 5.91 Å². The van der Waals surface area contributed by atoms with E-state index in [1.165, 1.54) is 0 Å². The number of likely N-dealkylation sites (tertiary alicyclic amines) is 1. The van der Waals surface area contributed by atoms with Crippen LogP contribution in [-0.2, 0) is 14.4 Å². The van der Waals surface area contributed by atoms with Gasteiger partial charge in [-0.25, -0.2) is 0 Å². The summed E-state index contributed by atoms with van der Waals surface area (Å²) in [6.07, 6.45) is 5.42. The number of hydrogen-bond acceptors (Lipinski definition) is 5. The SMILES string of the molecule is C=CCN(CCC)C(=O)[C@@H]1[C@H]2C(=O)N(CCCO)C(C(=O)N(CC=C)c3ccc4ccccc4c3)C23S[C@@H]1CC3C. The Hall–Kier alpha value is -3.10. The minimum Gasteiger partial charge on any atom is -0.396 e. The van der Waals surface area contributed by atoms with Crippen LogP contribution in [0.2, 0.25) is 0 Å². The number of benzene rings is 2. The number of carbonyl (C=O) groups is 3. The lowest BCUT2D eigenvalue weighted by Gasteiger charge is -2.41. The molecule has 3 aliphatic rings. The van der Waals surface area contributed by atoms with Gasteiger partial charge in [-0.2, -0.15) is 0 Å². The summed E-state index contributed by atoms with van der Waals surface area (Å²) in [7, 11) is 0. The largest absolute Gasteiger partial charge is 0.396 e. The Morgan fingerprint density at radius 1 is 1.12 bits per heavy atom. The third-order valence-corrected chi connectivity index (χ3v) is 11.2. The molecule has 3 saturated heterocycles. The summed E-state index contributed by atoms with van der Waals surface area (Å²) in [4.78, 5) is 48.4. The van der Waals surface area contributed by atoms with Crippen LogP contribution in [0, 0.1) is 17.8 Å². The van der Waals surface area contributed by atoms with Crippen molar-refractivity contribution in [2.24, 2.45) is 17.8 Å². The van der Waals surface area contributed by atoms with Gasteiger partial charge < -0.3 is 19.8 Å². The zero-order chi connectivity index (χ0) is 29.3. The Bertz CT molecular complexity index is 1350. The van der Waals surface area contributed by atoms with Crippen molar-refractivity contribution in [3.8, 4) is 0 Å². The standard InChI is InChI=1S/C33H41N3O4S/c1-5-15-34(16-6-2)30(38)27-26-20-22(4)33(41-26)28(27)31(39)36(18-10-19-37)29(33)32(40)35(17-7-3)25-14-13-23-11-8-9-12-24(23)21-25/h5,7-9,11-14,21-22,26-29,37H,1,3,6,10,15-20H2,2,4H3/t22?,26-,27+,28+,29?,33?/m1/s1. The number of fused-ring (bicyclic) bond motifs is 2. The maximum absolute atomic E-state index is 14.8. The second-order valence-electron chi connectivity index (χ2n) is 11.5. The molecule has 2 bridgehead atoms. The zero-order valence-electron chi connectivity index (χ0n) is 24.1. The molecule has 3 amide bonds. The second-order valence-corrected chi connectivity index (χ2v) is 13.1. The van der Waals surface area contributed by atoms with Crippen LogP contribution in [0.15, 0.2) is 67.8 Å². The summed E-state index contributed by atoms with van der Waals surface area (Å²) in [6, 6.07) is 13.2.